The van der Waals surface area contributed by atoms with Gasteiger partial charge in [0, 0.05) is 32.0 Å². The molecule has 4 rings (SSSR count). The quantitative estimate of drug-likeness (QED) is 0.745. The van der Waals surface area contributed by atoms with Gasteiger partial charge in [-0.25, -0.2) is 4.98 Å². The summed E-state index contributed by atoms with van der Waals surface area (Å²) in [6, 6.07) is 0. The van der Waals surface area contributed by atoms with Crippen LogP contribution in [0.5, 0.6) is 0 Å². The van der Waals surface area contributed by atoms with Gasteiger partial charge < -0.3 is 9.47 Å². The van der Waals surface area contributed by atoms with E-state index in [0.29, 0.717) is 5.91 Å². The van der Waals surface area contributed by atoms with Crippen LogP contribution in [0.3, 0.4) is 0 Å². The molecule has 0 N–H and O–H groups in total. The van der Waals surface area contributed by atoms with Gasteiger partial charge in [0.2, 0.25) is 5.91 Å². The molecule has 0 radical (unpaired) electrons. The zero-order chi connectivity index (χ0) is 16.1. The molecule has 1 amide bonds. The predicted octanol–water partition coefficient (Wildman–Crippen LogP) is 2.05. The minimum absolute atomic E-state index is 0.0736. The Balaban J connectivity index is 1.53. The first-order valence-corrected chi connectivity index (χ1v) is 8.68. The summed E-state index contributed by atoms with van der Waals surface area (Å²) in [6.45, 7) is 5.68. The molecule has 1 fully saturated rings. The number of hydrogen-bond acceptors (Lipinski definition) is 3. The van der Waals surface area contributed by atoms with Crippen molar-refractivity contribution < 1.29 is 4.79 Å². The lowest BCUT2D eigenvalue weighted by molar-refractivity contribution is -0.141. The monoisotopic (exact) mass is 314 g/mol. The molecule has 2 atom stereocenters. The molecule has 124 valence electrons. The number of carbonyl (C=O) groups is 1. The summed E-state index contributed by atoms with van der Waals surface area (Å²) in [5, 5.41) is 0. The van der Waals surface area contributed by atoms with E-state index in [9.17, 15) is 4.79 Å². The SMILES string of the molecule is CN1Cc2nccn2CC12CCN(C(=O)C1(C)CC=CCC1)C2. The minimum atomic E-state index is -0.201. The van der Waals surface area contributed by atoms with Crippen molar-refractivity contribution in [2.45, 2.75) is 51.2 Å². The van der Waals surface area contributed by atoms with Gasteiger partial charge in [0.05, 0.1) is 17.5 Å². The van der Waals surface area contributed by atoms with Crippen LogP contribution in [-0.4, -0.2) is 50.9 Å². The number of rotatable bonds is 1. The molecule has 0 aromatic carbocycles. The van der Waals surface area contributed by atoms with E-state index in [0.717, 1.165) is 57.7 Å². The molecular formula is C18H26N4O. The Morgan fingerprint density at radius 2 is 2.13 bits per heavy atom. The maximum atomic E-state index is 13.1. The normalized spacial score (nSPS) is 34.1. The number of likely N-dealkylation sites (tertiary alicyclic amines) is 1. The summed E-state index contributed by atoms with van der Waals surface area (Å²) >= 11 is 0. The molecule has 1 spiro atoms. The highest BCUT2D eigenvalue weighted by atomic mass is 16.2. The van der Waals surface area contributed by atoms with E-state index >= 15 is 0 Å². The molecule has 1 aromatic rings. The van der Waals surface area contributed by atoms with Crippen molar-refractivity contribution in [2.24, 2.45) is 5.41 Å². The first kappa shape index (κ1) is 14.9. The van der Waals surface area contributed by atoms with Crippen molar-refractivity contribution in [2.75, 3.05) is 20.1 Å². The van der Waals surface area contributed by atoms with Gasteiger partial charge in [0.25, 0.3) is 0 Å². The smallest absolute Gasteiger partial charge is 0.228 e. The van der Waals surface area contributed by atoms with Gasteiger partial charge in [-0.1, -0.05) is 19.1 Å². The highest BCUT2D eigenvalue weighted by Gasteiger charge is 2.48. The van der Waals surface area contributed by atoms with E-state index in [1.807, 2.05) is 6.20 Å². The maximum absolute atomic E-state index is 13.1. The Labute approximate surface area is 138 Å². The highest BCUT2D eigenvalue weighted by molar-refractivity contribution is 5.83. The fraction of sp³-hybridized carbons (Fsp3) is 0.667. The lowest BCUT2D eigenvalue weighted by atomic mass is 9.77. The molecular weight excluding hydrogens is 288 g/mol. The summed E-state index contributed by atoms with van der Waals surface area (Å²) in [5.41, 5.74) is -0.127. The van der Waals surface area contributed by atoms with Crippen molar-refractivity contribution >= 4 is 5.91 Å². The number of likely N-dealkylation sites (N-methyl/N-ethyl adjacent to an activating group) is 1. The average Bonchev–Trinajstić information content (AvgIpc) is 3.16. The largest absolute Gasteiger partial charge is 0.340 e. The topological polar surface area (TPSA) is 41.4 Å². The summed E-state index contributed by atoms with van der Waals surface area (Å²) in [5.74, 6) is 1.48. The predicted molar refractivity (Wildman–Crippen MR) is 88.7 cm³/mol. The van der Waals surface area contributed by atoms with Gasteiger partial charge in [-0.05, 0) is 32.7 Å². The maximum Gasteiger partial charge on any atom is 0.228 e. The van der Waals surface area contributed by atoms with Gasteiger partial charge in [0.1, 0.15) is 5.82 Å². The zero-order valence-electron chi connectivity index (χ0n) is 14.2. The van der Waals surface area contributed by atoms with Crippen molar-refractivity contribution in [1.82, 2.24) is 19.4 Å². The Hall–Kier alpha value is -1.62. The van der Waals surface area contributed by atoms with E-state index in [-0.39, 0.29) is 11.0 Å². The average molecular weight is 314 g/mol. The number of amides is 1. The molecule has 3 heterocycles. The molecule has 2 aliphatic heterocycles. The van der Waals surface area contributed by atoms with E-state index in [4.69, 9.17) is 0 Å². The van der Waals surface area contributed by atoms with Crippen LogP contribution in [0.15, 0.2) is 24.5 Å². The third-order valence-electron chi connectivity index (χ3n) is 6.19. The third kappa shape index (κ3) is 2.33. The second kappa shape index (κ2) is 5.20. The third-order valence-corrected chi connectivity index (χ3v) is 6.19. The van der Waals surface area contributed by atoms with Crippen molar-refractivity contribution in [3.05, 3.63) is 30.4 Å². The van der Waals surface area contributed by atoms with Gasteiger partial charge in [-0.2, -0.15) is 0 Å². The second-order valence-electron chi connectivity index (χ2n) is 7.80. The number of imidazole rings is 1. The Kier molecular flexibility index (Phi) is 3.38. The van der Waals surface area contributed by atoms with Crippen molar-refractivity contribution in [3.63, 3.8) is 0 Å². The van der Waals surface area contributed by atoms with Crippen LogP contribution < -0.4 is 0 Å². The van der Waals surface area contributed by atoms with Crippen LogP contribution >= 0.6 is 0 Å². The standard InChI is InChI=1S/C18H26N4O/c1-17(6-4-3-5-7-17)16(23)22-10-8-18(14-22)13-21-11-9-19-15(21)12-20(18)2/h3-4,9,11H,5-8,10,12-14H2,1-2H3. The molecule has 23 heavy (non-hydrogen) atoms. The van der Waals surface area contributed by atoms with Crippen LogP contribution in [0.1, 0.15) is 38.4 Å². The minimum Gasteiger partial charge on any atom is -0.340 e. The van der Waals surface area contributed by atoms with Crippen LogP contribution in [0.2, 0.25) is 0 Å². The van der Waals surface area contributed by atoms with Crippen LogP contribution in [0.4, 0.5) is 0 Å². The summed E-state index contributed by atoms with van der Waals surface area (Å²) in [6.07, 6.45) is 12.3. The molecule has 5 heteroatoms. The number of carbonyl (C=O) groups excluding carboxylic acids is 1. The lowest BCUT2D eigenvalue weighted by Crippen LogP contribution is -2.55. The summed E-state index contributed by atoms with van der Waals surface area (Å²) in [7, 11) is 2.18. The second-order valence-corrected chi connectivity index (χ2v) is 7.80. The fourth-order valence-electron chi connectivity index (χ4n) is 4.46. The van der Waals surface area contributed by atoms with E-state index in [2.05, 4.69) is 51.7 Å². The van der Waals surface area contributed by atoms with Gasteiger partial charge in [0.15, 0.2) is 0 Å². The van der Waals surface area contributed by atoms with Crippen molar-refractivity contribution in [1.29, 1.82) is 0 Å². The number of allylic oxidation sites excluding steroid dienone is 2. The van der Waals surface area contributed by atoms with E-state index in [1.165, 1.54) is 0 Å². The lowest BCUT2D eigenvalue weighted by Gasteiger charge is -2.43. The molecule has 0 saturated carbocycles. The number of hydrogen-bond donors (Lipinski definition) is 0. The van der Waals surface area contributed by atoms with Crippen LogP contribution in [-0.2, 0) is 17.9 Å². The fourth-order valence-corrected chi connectivity index (χ4v) is 4.46. The molecule has 2 unspecified atom stereocenters. The Bertz CT molecular complexity index is 651. The molecule has 1 aromatic heterocycles. The first-order valence-electron chi connectivity index (χ1n) is 8.68. The van der Waals surface area contributed by atoms with Gasteiger partial charge in [-0.3, -0.25) is 9.69 Å². The highest BCUT2D eigenvalue weighted by Crippen LogP contribution is 2.39. The van der Waals surface area contributed by atoms with Gasteiger partial charge in [-0.15, -0.1) is 0 Å². The summed E-state index contributed by atoms with van der Waals surface area (Å²) in [4.78, 5) is 22.1. The first-order chi connectivity index (χ1) is 11.0. The van der Waals surface area contributed by atoms with E-state index in [1.54, 1.807) is 0 Å². The number of fused-ring (bicyclic) bond motifs is 1. The molecule has 0 bridgehead atoms. The van der Waals surface area contributed by atoms with Crippen LogP contribution in [0, 0.1) is 5.41 Å². The summed E-state index contributed by atoms with van der Waals surface area (Å²) < 4.78 is 2.26. The molecule has 5 nitrogen and oxygen atoms in total. The molecule has 1 saturated heterocycles. The Morgan fingerprint density at radius 1 is 1.26 bits per heavy atom. The van der Waals surface area contributed by atoms with Gasteiger partial charge >= 0.3 is 0 Å². The number of aromatic nitrogens is 2. The zero-order valence-corrected chi connectivity index (χ0v) is 14.2. The molecule has 3 aliphatic rings. The Morgan fingerprint density at radius 3 is 2.91 bits per heavy atom. The van der Waals surface area contributed by atoms with Crippen molar-refractivity contribution in [3.8, 4) is 0 Å². The van der Waals surface area contributed by atoms with E-state index < -0.39 is 0 Å². The van der Waals surface area contributed by atoms with Crippen LogP contribution in [0.25, 0.3) is 0 Å². The molecule has 1 aliphatic carbocycles. The number of nitrogens with zero attached hydrogens (tertiary/aromatic N) is 4.